The maximum absolute atomic E-state index is 9.67. The molecule has 0 unspecified atom stereocenters. The third-order valence-corrected chi connectivity index (χ3v) is 3.36. The van der Waals surface area contributed by atoms with E-state index >= 15 is 0 Å². The maximum atomic E-state index is 9.67. The highest BCUT2D eigenvalue weighted by molar-refractivity contribution is 5.42. The summed E-state index contributed by atoms with van der Waals surface area (Å²) in [4.78, 5) is 0. The molecular weight excluding hydrogens is 148 g/mol. The van der Waals surface area contributed by atoms with E-state index in [4.69, 9.17) is 0 Å². The average molecular weight is 160 g/mol. The first-order valence-electron chi connectivity index (χ1n) is 4.63. The second-order valence-electron chi connectivity index (χ2n) is 3.97. The number of aliphatic hydroxyl groups is 1. The van der Waals surface area contributed by atoms with Crippen LogP contribution in [0.15, 0.2) is 24.3 Å². The predicted octanol–water partition coefficient (Wildman–Crippen LogP) is 2.02. The van der Waals surface area contributed by atoms with Crippen LogP contribution in [-0.2, 0) is 0 Å². The zero-order chi connectivity index (χ0) is 8.13. The minimum atomic E-state index is -0.0649. The molecule has 3 rings (SSSR count). The molecule has 1 aromatic rings. The van der Waals surface area contributed by atoms with Gasteiger partial charge in [0.05, 0.1) is 6.10 Å². The van der Waals surface area contributed by atoms with Crippen LogP contribution in [0.3, 0.4) is 0 Å². The van der Waals surface area contributed by atoms with E-state index < -0.39 is 0 Å². The fraction of sp³-hybridized carbons (Fsp3) is 0.455. The largest absolute Gasteiger partial charge is 0.392 e. The molecular formula is C11H12O. The predicted molar refractivity (Wildman–Crippen MR) is 47.2 cm³/mol. The van der Waals surface area contributed by atoms with Crippen molar-refractivity contribution < 1.29 is 5.11 Å². The third kappa shape index (κ3) is 0.674. The number of benzene rings is 1. The standard InChI is InChI=1S/C11H12O/c12-11-6-7-5-10(11)9-4-2-1-3-8(7)9/h1-4,7,10-12H,5-6H2/t7-,10+,11-/m1/s1. The Kier molecular flexibility index (Phi) is 1.17. The molecule has 1 saturated carbocycles. The lowest BCUT2D eigenvalue weighted by molar-refractivity contribution is 0.158. The first-order valence-corrected chi connectivity index (χ1v) is 4.63. The average Bonchev–Trinajstić information content (AvgIpc) is 2.62. The molecule has 1 aromatic carbocycles. The molecule has 1 N–H and O–H groups in total. The lowest BCUT2D eigenvalue weighted by Crippen LogP contribution is -2.14. The molecule has 2 aliphatic carbocycles. The first kappa shape index (κ1) is 6.67. The van der Waals surface area contributed by atoms with Gasteiger partial charge in [-0.25, -0.2) is 0 Å². The highest BCUT2D eigenvalue weighted by Gasteiger charge is 2.42. The quantitative estimate of drug-likeness (QED) is 0.615. The lowest BCUT2D eigenvalue weighted by Gasteiger charge is -2.19. The van der Waals surface area contributed by atoms with Crippen LogP contribution in [0.4, 0.5) is 0 Å². The summed E-state index contributed by atoms with van der Waals surface area (Å²) in [5.74, 6) is 1.10. The maximum Gasteiger partial charge on any atom is 0.0614 e. The van der Waals surface area contributed by atoms with E-state index in [9.17, 15) is 5.11 Å². The molecule has 1 fully saturated rings. The van der Waals surface area contributed by atoms with Crippen molar-refractivity contribution in [2.24, 2.45) is 0 Å². The molecule has 2 bridgehead atoms. The van der Waals surface area contributed by atoms with Gasteiger partial charge in [-0.3, -0.25) is 0 Å². The Morgan fingerprint density at radius 2 is 1.83 bits per heavy atom. The Balaban J connectivity index is 2.17. The summed E-state index contributed by atoms with van der Waals surface area (Å²) in [5, 5.41) is 9.67. The number of rotatable bonds is 0. The van der Waals surface area contributed by atoms with Crippen molar-refractivity contribution in [2.45, 2.75) is 30.8 Å². The molecule has 2 aliphatic rings. The van der Waals surface area contributed by atoms with Crippen molar-refractivity contribution in [2.75, 3.05) is 0 Å². The summed E-state index contributed by atoms with van der Waals surface area (Å²) >= 11 is 0. The van der Waals surface area contributed by atoms with E-state index in [-0.39, 0.29) is 6.10 Å². The fourth-order valence-corrected chi connectivity index (χ4v) is 2.82. The second-order valence-corrected chi connectivity index (χ2v) is 3.97. The summed E-state index contributed by atoms with van der Waals surface area (Å²) in [6.07, 6.45) is 2.10. The Morgan fingerprint density at radius 3 is 2.67 bits per heavy atom. The minimum absolute atomic E-state index is 0.0649. The highest BCUT2D eigenvalue weighted by Crippen LogP contribution is 2.52. The van der Waals surface area contributed by atoms with Crippen LogP contribution < -0.4 is 0 Å². The van der Waals surface area contributed by atoms with E-state index in [0.29, 0.717) is 11.8 Å². The van der Waals surface area contributed by atoms with Gasteiger partial charge >= 0.3 is 0 Å². The summed E-state index contributed by atoms with van der Waals surface area (Å²) in [5.41, 5.74) is 2.90. The van der Waals surface area contributed by atoms with Crippen LogP contribution in [0, 0.1) is 0 Å². The monoisotopic (exact) mass is 160 g/mol. The third-order valence-electron chi connectivity index (χ3n) is 3.36. The van der Waals surface area contributed by atoms with Crippen molar-refractivity contribution >= 4 is 0 Å². The summed E-state index contributed by atoms with van der Waals surface area (Å²) in [7, 11) is 0. The molecule has 0 aromatic heterocycles. The van der Waals surface area contributed by atoms with Crippen molar-refractivity contribution in [3.05, 3.63) is 35.4 Å². The van der Waals surface area contributed by atoms with Crippen LogP contribution in [0.1, 0.15) is 35.8 Å². The van der Waals surface area contributed by atoms with E-state index in [1.54, 1.807) is 0 Å². The van der Waals surface area contributed by atoms with Crippen LogP contribution in [0.2, 0.25) is 0 Å². The van der Waals surface area contributed by atoms with Gasteiger partial charge in [0.2, 0.25) is 0 Å². The minimum Gasteiger partial charge on any atom is -0.392 e. The van der Waals surface area contributed by atoms with Crippen molar-refractivity contribution in [1.82, 2.24) is 0 Å². The first-order chi connectivity index (χ1) is 5.86. The molecule has 0 aliphatic heterocycles. The molecule has 0 radical (unpaired) electrons. The molecule has 0 amide bonds. The molecule has 62 valence electrons. The number of hydrogen-bond donors (Lipinski definition) is 1. The number of fused-ring (bicyclic) bond motifs is 5. The van der Waals surface area contributed by atoms with Crippen LogP contribution in [0.5, 0.6) is 0 Å². The molecule has 3 atom stereocenters. The zero-order valence-corrected chi connectivity index (χ0v) is 6.90. The fourth-order valence-electron chi connectivity index (χ4n) is 2.82. The van der Waals surface area contributed by atoms with Crippen molar-refractivity contribution in [3.8, 4) is 0 Å². The van der Waals surface area contributed by atoms with Gasteiger partial charge in [-0.05, 0) is 29.9 Å². The Morgan fingerprint density at radius 1 is 1.08 bits per heavy atom. The number of hydrogen-bond acceptors (Lipinski definition) is 1. The number of aliphatic hydroxyl groups excluding tert-OH is 1. The molecule has 1 nitrogen and oxygen atoms in total. The molecule has 12 heavy (non-hydrogen) atoms. The van der Waals surface area contributed by atoms with Gasteiger partial charge in [0.15, 0.2) is 0 Å². The smallest absolute Gasteiger partial charge is 0.0614 e. The molecule has 1 heteroatoms. The molecule has 0 spiro atoms. The normalized spacial score (nSPS) is 36.9. The van der Waals surface area contributed by atoms with Gasteiger partial charge in [-0.2, -0.15) is 0 Å². The summed E-state index contributed by atoms with van der Waals surface area (Å²) in [6, 6.07) is 8.56. The van der Waals surface area contributed by atoms with E-state index in [2.05, 4.69) is 24.3 Å². The Hall–Kier alpha value is -0.820. The van der Waals surface area contributed by atoms with Crippen molar-refractivity contribution in [1.29, 1.82) is 0 Å². The molecule has 0 heterocycles. The Labute approximate surface area is 72.0 Å². The molecule has 0 saturated heterocycles. The van der Waals surface area contributed by atoms with Gasteiger partial charge in [0.25, 0.3) is 0 Å². The van der Waals surface area contributed by atoms with Gasteiger partial charge in [-0.15, -0.1) is 0 Å². The Bertz CT molecular complexity index is 319. The van der Waals surface area contributed by atoms with Crippen LogP contribution in [0.25, 0.3) is 0 Å². The lowest BCUT2D eigenvalue weighted by atomic mass is 9.90. The van der Waals surface area contributed by atoms with E-state index in [0.717, 1.165) is 6.42 Å². The second kappa shape index (κ2) is 2.11. The van der Waals surface area contributed by atoms with Crippen molar-refractivity contribution in [3.63, 3.8) is 0 Å². The summed E-state index contributed by atoms with van der Waals surface area (Å²) < 4.78 is 0. The topological polar surface area (TPSA) is 20.2 Å². The van der Waals surface area contributed by atoms with Gasteiger partial charge < -0.3 is 5.11 Å². The zero-order valence-electron chi connectivity index (χ0n) is 6.90. The van der Waals surface area contributed by atoms with E-state index in [1.165, 1.54) is 17.5 Å². The highest BCUT2D eigenvalue weighted by atomic mass is 16.3. The van der Waals surface area contributed by atoms with Gasteiger partial charge in [-0.1, -0.05) is 24.3 Å². The van der Waals surface area contributed by atoms with Crippen LogP contribution in [-0.4, -0.2) is 11.2 Å². The van der Waals surface area contributed by atoms with Crippen LogP contribution >= 0.6 is 0 Å². The SMILES string of the molecule is O[C@@H]1C[C@H]2C[C@H]1c1ccccc12. The van der Waals surface area contributed by atoms with E-state index in [1.807, 2.05) is 0 Å². The van der Waals surface area contributed by atoms with Gasteiger partial charge in [0, 0.05) is 5.92 Å². The summed E-state index contributed by atoms with van der Waals surface area (Å²) in [6.45, 7) is 0. The van der Waals surface area contributed by atoms with Gasteiger partial charge in [0.1, 0.15) is 0 Å².